The fraction of sp³-hybridized carbons (Fsp3) is 1.00. The predicted molar refractivity (Wildman–Crippen MR) is 27.8 cm³/mol. The molecule has 0 amide bonds. The molecule has 0 aromatic heterocycles. The molecular weight excluding hydrogens is 92.1 g/mol. The van der Waals surface area contributed by atoms with Crippen molar-refractivity contribution in [1.29, 1.82) is 0 Å². The lowest BCUT2D eigenvalue weighted by atomic mass is 10.2. The summed E-state index contributed by atoms with van der Waals surface area (Å²) in [6.45, 7) is 3.29. The Hall–Kier alpha value is -0.0800. The lowest BCUT2D eigenvalue weighted by molar-refractivity contribution is -0.149. The van der Waals surface area contributed by atoms with E-state index < -0.39 is 5.79 Å². The topological polar surface area (TPSA) is 40.5 Å². The maximum Gasteiger partial charge on any atom is 0.159 e. The summed E-state index contributed by atoms with van der Waals surface area (Å²) in [6, 6.07) is 0. The summed E-state index contributed by atoms with van der Waals surface area (Å²) in [5, 5.41) is 17.1. The number of aliphatic hydroxyl groups is 2. The molecule has 0 atom stereocenters. The van der Waals surface area contributed by atoms with Crippen LogP contribution in [0, 0.1) is 0 Å². The predicted octanol–water partition coefficient (Wildman–Crippen LogP) is 0.487. The first-order valence-corrected chi connectivity index (χ1v) is 2.51. The van der Waals surface area contributed by atoms with Crippen molar-refractivity contribution in [2.24, 2.45) is 0 Å². The van der Waals surface area contributed by atoms with E-state index in [0.717, 1.165) is 6.42 Å². The molecule has 0 rings (SSSR count). The molecule has 0 heterocycles. The second-order valence-electron chi connectivity index (χ2n) is 1.97. The van der Waals surface area contributed by atoms with Gasteiger partial charge in [-0.1, -0.05) is 13.3 Å². The van der Waals surface area contributed by atoms with E-state index in [0.29, 0.717) is 6.42 Å². The van der Waals surface area contributed by atoms with Gasteiger partial charge in [-0.25, -0.2) is 0 Å². The molecule has 7 heavy (non-hydrogen) atoms. The van der Waals surface area contributed by atoms with Crippen LogP contribution < -0.4 is 0 Å². The highest BCUT2D eigenvalue weighted by Gasteiger charge is 2.11. The Balaban J connectivity index is 3.15. The number of hydrogen-bond acceptors (Lipinski definition) is 2. The van der Waals surface area contributed by atoms with Gasteiger partial charge in [-0.05, 0) is 6.92 Å². The van der Waals surface area contributed by atoms with Crippen LogP contribution in [0.15, 0.2) is 0 Å². The first kappa shape index (κ1) is 6.92. The number of hydrogen-bond donors (Lipinski definition) is 2. The van der Waals surface area contributed by atoms with Gasteiger partial charge in [0.25, 0.3) is 0 Å². The zero-order chi connectivity index (χ0) is 5.91. The molecule has 2 N–H and O–H groups in total. The highest BCUT2D eigenvalue weighted by atomic mass is 16.5. The van der Waals surface area contributed by atoms with Gasteiger partial charge in [0.15, 0.2) is 5.79 Å². The van der Waals surface area contributed by atoms with Gasteiger partial charge < -0.3 is 10.2 Å². The van der Waals surface area contributed by atoms with Crippen LogP contribution in [-0.4, -0.2) is 16.0 Å². The van der Waals surface area contributed by atoms with Crippen molar-refractivity contribution >= 4 is 0 Å². The minimum atomic E-state index is -1.45. The lowest BCUT2D eigenvalue weighted by Crippen LogP contribution is -2.21. The Bertz CT molecular complexity index is 44.5. The first-order valence-electron chi connectivity index (χ1n) is 2.51. The van der Waals surface area contributed by atoms with Crippen molar-refractivity contribution in [2.45, 2.75) is 32.5 Å². The minimum Gasteiger partial charge on any atom is -0.366 e. The fourth-order valence-corrected chi connectivity index (χ4v) is 0.474. The van der Waals surface area contributed by atoms with Crippen LogP contribution >= 0.6 is 0 Å². The highest BCUT2D eigenvalue weighted by Crippen LogP contribution is 2.04. The summed E-state index contributed by atoms with van der Waals surface area (Å²) in [7, 11) is 0. The summed E-state index contributed by atoms with van der Waals surface area (Å²) in [5.74, 6) is -1.45. The molecule has 0 bridgehead atoms. The molecule has 0 spiro atoms. The van der Waals surface area contributed by atoms with Crippen molar-refractivity contribution in [3.05, 3.63) is 0 Å². The van der Waals surface area contributed by atoms with E-state index in [1.807, 2.05) is 6.92 Å². The average Bonchev–Trinajstić information content (AvgIpc) is 1.30. The normalized spacial score (nSPS) is 12.0. The van der Waals surface area contributed by atoms with E-state index in [9.17, 15) is 0 Å². The quantitative estimate of drug-likeness (QED) is 0.500. The van der Waals surface area contributed by atoms with Crippen LogP contribution in [0.2, 0.25) is 0 Å². The van der Waals surface area contributed by atoms with Gasteiger partial charge in [0, 0.05) is 6.42 Å². The Kier molecular flexibility index (Phi) is 2.26. The van der Waals surface area contributed by atoms with Crippen LogP contribution in [0.4, 0.5) is 0 Å². The molecule has 2 nitrogen and oxygen atoms in total. The zero-order valence-corrected chi connectivity index (χ0v) is 4.81. The van der Waals surface area contributed by atoms with Crippen LogP contribution in [0.25, 0.3) is 0 Å². The molecule has 0 unspecified atom stereocenters. The van der Waals surface area contributed by atoms with Gasteiger partial charge in [-0.2, -0.15) is 0 Å². The van der Waals surface area contributed by atoms with E-state index in [1.54, 1.807) is 0 Å². The molecule has 0 fully saturated rings. The standard InChI is InChI=1S/C5H12O2/c1-3-4-5(2,6)7/h6-7H,3-4H2,1-2H3. The van der Waals surface area contributed by atoms with E-state index in [2.05, 4.69) is 0 Å². The Morgan fingerprint density at radius 3 is 1.86 bits per heavy atom. The third-order valence-electron chi connectivity index (χ3n) is 0.724. The number of rotatable bonds is 2. The van der Waals surface area contributed by atoms with Crippen molar-refractivity contribution in [3.8, 4) is 0 Å². The zero-order valence-electron chi connectivity index (χ0n) is 4.81. The highest BCUT2D eigenvalue weighted by molar-refractivity contribution is 4.52. The molecule has 0 aliphatic carbocycles. The second-order valence-corrected chi connectivity index (χ2v) is 1.97. The molecule has 0 radical (unpaired) electrons. The third kappa shape index (κ3) is 5.92. The van der Waals surface area contributed by atoms with E-state index >= 15 is 0 Å². The van der Waals surface area contributed by atoms with Gasteiger partial charge >= 0.3 is 0 Å². The van der Waals surface area contributed by atoms with Crippen LogP contribution in [0.1, 0.15) is 26.7 Å². The summed E-state index contributed by atoms with van der Waals surface area (Å²) in [6.07, 6.45) is 1.26. The third-order valence-corrected chi connectivity index (χ3v) is 0.724. The van der Waals surface area contributed by atoms with Crippen LogP contribution in [0.5, 0.6) is 0 Å². The van der Waals surface area contributed by atoms with E-state index in [-0.39, 0.29) is 0 Å². The van der Waals surface area contributed by atoms with Crippen molar-refractivity contribution < 1.29 is 10.2 Å². The molecule has 2 heteroatoms. The van der Waals surface area contributed by atoms with E-state index in [1.165, 1.54) is 6.92 Å². The minimum absolute atomic E-state index is 0.451. The van der Waals surface area contributed by atoms with Crippen molar-refractivity contribution in [3.63, 3.8) is 0 Å². The van der Waals surface area contributed by atoms with Crippen LogP contribution in [-0.2, 0) is 0 Å². The molecule has 0 saturated heterocycles. The van der Waals surface area contributed by atoms with E-state index in [4.69, 9.17) is 10.2 Å². The molecule has 0 saturated carbocycles. The summed E-state index contributed by atoms with van der Waals surface area (Å²) >= 11 is 0. The van der Waals surface area contributed by atoms with Gasteiger partial charge in [0.05, 0.1) is 0 Å². The maximum atomic E-state index is 8.57. The fourth-order valence-electron chi connectivity index (χ4n) is 0.474. The van der Waals surface area contributed by atoms with Crippen LogP contribution in [0.3, 0.4) is 0 Å². The van der Waals surface area contributed by atoms with Gasteiger partial charge in [0.1, 0.15) is 0 Å². The summed E-state index contributed by atoms with van der Waals surface area (Å²) in [5.41, 5.74) is 0. The Morgan fingerprint density at radius 2 is 1.86 bits per heavy atom. The molecule has 44 valence electrons. The summed E-state index contributed by atoms with van der Waals surface area (Å²) < 4.78 is 0. The molecule has 0 aliphatic heterocycles. The van der Waals surface area contributed by atoms with Crippen molar-refractivity contribution in [1.82, 2.24) is 0 Å². The van der Waals surface area contributed by atoms with Gasteiger partial charge in [-0.3, -0.25) is 0 Å². The smallest absolute Gasteiger partial charge is 0.159 e. The van der Waals surface area contributed by atoms with Gasteiger partial charge in [0.2, 0.25) is 0 Å². The Morgan fingerprint density at radius 1 is 1.43 bits per heavy atom. The largest absolute Gasteiger partial charge is 0.366 e. The molecule has 0 aromatic rings. The molecular formula is C5H12O2. The first-order chi connectivity index (χ1) is 3.06. The molecule has 0 aliphatic rings. The monoisotopic (exact) mass is 104 g/mol. The lowest BCUT2D eigenvalue weighted by Gasteiger charge is -2.12. The Labute approximate surface area is 43.8 Å². The van der Waals surface area contributed by atoms with Gasteiger partial charge in [-0.15, -0.1) is 0 Å². The molecule has 0 aromatic carbocycles. The SMILES string of the molecule is CCCC(C)(O)O. The second kappa shape index (κ2) is 2.28. The summed E-state index contributed by atoms with van der Waals surface area (Å²) in [4.78, 5) is 0. The maximum absolute atomic E-state index is 8.57. The van der Waals surface area contributed by atoms with Crippen molar-refractivity contribution in [2.75, 3.05) is 0 Å². The average molecular weight is 104 g/mol.